The Kier molecular flexibility index (Phi) is 3.42. The third-order valence-corrected chi connectivity index (χ3v) is 4.04. The largest absolute Gasteiger partial charge is 0.326 e. The number of fused-ring (bicyclic) bond motifs is 1. The van der Waals surface area contributed by atoms with E-state index in [9.17, 15) is 14.0 Å². The van der Waals surface area contributed by atoms with Crippen molar-refractivity contribution >= 4 is 34.0 Å². The summed E-state index contributed by atoms with van der Waals surface area (Å²) in [5.41, 5.74) is 1.79. The molecule has 7 heteroatoms. The van der Waals surface area contributed by atoms with Crippen LogP contribution in [0.4, 0.5) is 15.1 Å². The van der Waals surface area contributed by atoms with Gasteiger partial charge in [0.05, 0.1) is 11.6 Å². The van der Waals surface area contributed by atoms with Crippen LogP contribution in [0.15, 0.2) is 24.3 Å². The summed E-state index contributed by atoms with van der Waals surface area (Å²) in [6.07, 6.45) is 0.0439. The quantitative estimate of drug-likeness (QED) is 0.896. The van der Waals surface area contributed by atoms with E-state index in [-0.39, 0.29) is 18.2 Å². The van der Waals surface area contributed by atoms with Crippen molar-refractivity contribution in [3.63, 3.8) is 0 Å². The van der Waals surface area contributed by atoms with E-state index in [2.05, 4.69) is 15.0 Å². The van der Waals surface area contributed by atoms with Gasteiger partial charge in [0, 0.05) is 12.1 Å². The van der Waals surface area contributed by atoms with Crippen molar-refractivity contribution in [1.82, 2.24) is 4.37 Å². The van der Waals surface area contributed by atoms with Gasteiger partial charge in [-0.05, 0) is 42.2 Å². The summed E-state index contributed by atoms with van der Waals surface area (Å²) in [6.45, 7) is 1.83. The molecule has 2 amide bonds. The van der Waals surface area contributed by atoms with E-state index in [1.165, 1.54) is 29.7 Å². The van der Waals surface area contributed by atoms with Gasteiger partial charge in [0.25, 0.3) is 0 Å². The maximum atomic E-state index is 13.2. The van der Waals surface area contributed by atoms with Gasteiger partial charge in [-0.1, -0.05) is 6.07 Å². The number of benzene rings is 1. The molecule has 1 aromatic carbocycles. The van der Waals surface area contributed by atoms with Gasteiger partial charge < -0.3 is 10.6 Å². The zero-order valence-electron chi connectivity index (χ0n) is 11.1. The van der Waals surface area contributed by atoms with Gasteiger partial charge in [-0.2, -0.15) is 4.37 Å². The van der Waals surface area contributed by atoms with Crippen LogP contribution >= 0.6 is 11.5 Å². The molecule has 3 rings (SSSR count). The summed E-state index contributed by atoms with van der Waals surface area (Å²) >= 11 is 1.18. The van der Waals surface area contributed by atoms with Crippen molar-refractivity contribution < 1.29 is 14.0 Å². The zero-order chi connectivity index (χ0) is 15.0. The molecule has 1 aliphatic rings. The van der Waals surface area contributed by atoms with Gasteiger partial charge in [-0.3, -0.25) is 9.59 Å². The lowest BCUT2D eigenvalue weighted by molar-refractivity contribution is -0.123. The summed E-state index contributed by atoms with van der Waals surface area (Å²) in [4.78, 5) is 24.0. The van der Waals surface area contributed by atoms with E-state index in [1.54, 1.807) is 6.07 Å². The SMILES string of the molecule is Cc1cc(NC(=O)[C@H]2CC(=O)Nc3cc(F)ccc32)sn1. The molecule has 2 N–H and O–H groups in total. The average molecular weight is 305 g/mol. The first-order valence-corrected chi connectivity index (χ1v) is 7.14. The lowest BCUT2D eigenvalue weighted by Crippen LogP contribution is -2.30. The molecule has 0 unspecified atom stereocenters. The summed E-state index contributed by atoms with van der Waals surface area (Å²) in [5, 5.41) is 5.97. The number of hydrogen-bond acceptors (Lipinski definition) is 4. The van der Waals surface area contributed by atoms with E-state index in [0.29, 0.717) is 16.3 Å². The van der Waals surface area contributed by atoms with Crippen molar-refractivity contribution in [1.29, 1.82) is 0 Å². The highest BCUT2D eigenvalue weighted by Gasteiger charge is 2.31. The van der Waals surface area contributed by atoms with E-state index in [0.717, 1.165) is 5.69 Å². The Hall–Kier alpha value is -2.28. The summed E-state index contributed by atoms with van der Waals surface area (Å²) < 4.78 is 17.3. The standard InChI is InChI=1S/C14H12FN3O2S/c1-7-4-13(21-18-7)17-14(20)10-6-12(19)16-11-5-8(15)2-3-9(10)11/h2-5,10H,6H2,1H3,(H,16,19)(H,17,20)/t10-/m0/s1. The average Bonchev–Trinajstić information content (AvgIpc) is 2.82. The van der Waals surface area contributed by atoms with Gasteiger partial charge in [0.1, 0.15) is 10.8 Å². The number of aromatic nitrogens is 1. The maximum absolute atomic E-state index is 13.2. The van der Waals surface area contributed by atoms with E-state index >= 15 is 0 Å². The third-order valence-electron chi connectivity index (χ3n) is 3.25. The molecule has 0 aliphatic carbocycles. The highest BCUT2D eigenvalue weighted by molar-refractivity contribution is 7.10. The smallest absolute Gasteiger partial charge is 0.233 e. The second kappa shape index (κ2) is 5.25. The number of nitrogens with one attached hydrogen (secondary N) is 2. The molecule has 0 fully saturated rings. The van der Waals surface area contributed by atoms with Crippen LogP contribution < -0.4 is 10.6 Å². The highest BCUT2D eigenvalue weighted by atomic mass is 32.1. The van der Waals surface area contributed by atoms with E-state index in [4.69, 9.17) is 0 Å². The molecule has 0 saturated carbocycles. The van der Waals surface area contributed by atoms with Crippen LogP contribution in [-0.2, 0) is 9.59 Å². The highest BCUT2D eigenvalue weighted by Crippen LogP contribution is 2.33. The predicted octanol–water partition coefficient (Wildman–Crippen LogP) is 2.66. The Morgan fingerprint density at radius 1 is 1.48 bits per heavy atom. The van der Waals surface area contributed by atoms with E-state index < -0.39 is 11.7 Å². The Labute approximate surface area is 124 Å². The minimum Gasteiger partial charge on any atom is -0.326 e. The topological polar surface area (TPSA) is 71.1 Å². The van der Waals surface area contributed by atoms with Gasteiger partial charge in [-0.15, -0.1) is 0 Å². The van der Waals surface area contributed by atoms with Crippen LogP contribution in [0.2, 0.25) is 0 Å². The number of anilines is 2. The van der Waals surface area contributed by atoms with Crippen LogP contribution in [0.5, 0.6) is 0 Å². The zero-order valence-corrected chi connectivity index (χ0v) is 12.0. The Morgan fingerprint density at radius 2 is 2.29 bits per heavy atom. The molecular weight excluding hydrogens is 293 g/mol. The molecule has 1 aromatic heterocycles. The molecule has 0 spiro atoms. The van der Waals surface area contributed by atoms with Crippen molar-refractivity contribution in [3.8, 4) is 0 Å². The van der Waals surface area contributed by atoms with Crippen LogP contribution in [0, 0.1) is 12.7 Å². The van der Waals surface area contributed by atoms with Crippen LogP contribution in [0.1, 0.15) is 23.6 Å². The summed E-state index contributed by atoms with van der Waals surface area (Å²) in [5.74, 6) is -1.67. The minimum atomic E-state index is -0.628. The van der Waals surface area contributed by atoms with Gasteiger partial charge in [-0.25, -0.2) is 4.39 Å². The van der Waals surface area contributed by atoms with Gasteiger partial charge >= 0.3 is 0 Å². The van der Waals surface area contributed by atoms with Crippen LogP contribution in [0.3, 0.4) is 0 Å². The van der Waals surface area contributed by atoms with Crippen molar-refractivity contribution in [2.24, 2.45) is 0 Å². The number of halogens is 1. The molecule has 5 nitrogen and oxygen atoms in total. The Morgan fingerprint density at radius 3 is 3.00 bits per heavy atom. The van der Waals surface area contributed by atoms with Crippen molar-refractivity contribution in [2.45, 2.75) is 19.3 Å². The lowest BCUT2D eigenvalue weighted by Gasteiger charge is -2.24. The monoisotopic (exact) mass is 305 g/mol. The molecular formula is C14H12FN3O2S. The van der Waals surface area contributed by atoms with E-state index in [1.807, 2.05) is 6.92 Å². The van der Waals surface area contributed by atoms with Crippen molar-refractivity contribution in [2.75, 3.05) is 10.6 Å². The number of nitrogens with zero attached hydrogens (tertiary/aromatic N) is 1. The number of rotatable bonds is 2. The number of hydrogen-bond donors (Lipinski definition) is 2. The summed E-state index contributed by atoms with van der Waals surface area (Å²) in [7, 11) is 0. The third kappa shape index (κ3) is 2.78. The second-order valence-corrected chi connectivity index (χ2v) is 5.66. The fourth-order valence-corrected chi connectivity index (χ4v) is 2.97. The number of amides is 2. The fraction of sp³-hybridized carbons (Fsp3) is 0.214. The fourth-order valence-electron chi connectivity index (χ4n) is 2.30. The molecule has 21 heavy (non-hydrogen) atoms. The molecule has 0 bridgehead atoms. The van der Waals surface area contributed by atoms with Gasteiger partial charge in [0.15, 0.2) is 0 Å². The predicted molar refractivity (Wildman–Crippen MR) is 77.9 cm³/mol. The van der Waals surface area contributed by atoms with Gasteiger partial charge in [0.2, 0.25) is 11.8 Å². The Bertz CT molecular complexity index is 729. The summed E-state index contributed by atoms with van der Waals surface area (Å²) in [6, 6.07) is 5.81. The molecule has 2 aromatic rings. The van der Waals surface area contributed by atoms with Crippen molar-refractivity contribution in [3.05, 3.63) is 41.3 Å². The van der Waals surface area contributed by atoms with Crippen LogP contribution in [-0.4, -0.2) is 16.2 Å². The molecule has 108 valence electrons. The Balaban J connectivity index is 1.88. The second-order valence-electron chi connectivity index (χ2n) is 4.86. The number of aryl methyl sites for hydroxylation is 1. The number of carbonyl (C=O) groups is 2. The maximum Gasteiger partial charge on any atom is 0.233 e. The first-order chi connectivity index (χ1) is 10.0. The van der Waals surface area contributed by atoms with Crippen LogP contribution in [0.25, 0.3) is 0 Å². The molecule has 0 saturated heterocycles. The normalized spacial score (nSPS) is 17.0. The molecule has 1 atom stereocenters. The lowest BCUT2D eigenvalue weighted by atomic mass is 9.90. The first kappa shape index (κ1) is 13.7. The number of carbonyl (C=O) groups excluding carboxylic acids is 2. The molecule has 0 radical (unpaired) electrons. The first-order valence-electron chi connectivity index (χ1n) is 6.36. The molecule has 1 aliphatic heterocycles. The molecule has 2 heterocycles. The minimum absolute atomic E-state index is 0.0439.